The number of hydrogen-bond acceptors (Lipinski definition) is 5. The lowest BCUT2D eigenvalue weighted by atomic mass is 9.59. The summed E-state index contributed by atoms with van der Waals surface area (Å²) in [6.45, 7) is 8.40. The molecule has 1 N–H and O–H groups in total. The van der Waals surface area contributed by atoms with Crippen LogP contribution in [-0.2, 0) is 31.3 Å². The van der Waals surface area contributed by atoms with Gasteiger partial charge in [-0.25, -0.2) is 8.42 Å². The first-order chi connectivity index (χ1) is 17.1. The molecular formula is C29H40N2O4S. The van der Waals surface area contributed by atoms with Crippen LogP contribution in [0.5, 0.6) is 0 Å². The lowest BCUT2D eigenvalue weighted by molar-refractivity contribution is -0.164. The number of rotatable bonds is 4. The van der Waals surface area contributed by atoms with E-state index in [4.69, 9.17) is 0 Å². The number of carbonyl (C=O) groups excluding carboxylic acids is 2. The van der Waals surface area contributed by atoms with Gasteiger partial charge in [-0.15, -0.1) is 0 Å². The van der Waals surface area contributed by atoms with Crippen LogP contribution in [0.15, 0.2) is 24.3 Å². The fourth-order valence-electron chi connectivity index (χ4n) is 9.77. The number of benzene rings is 1. The zero-order chi connectivity index (χ0) is 25.6. The van der Waals surface area contributed by atoms with Crippen LogP contribution in [0, 0.1) is 16.7 Å². The maximum Gasteiger partial charge on any atom is 0.223 e. The molecule has 4 fully saturated rings. The van der Waals surface area contributed by atoms with Crippen LogP contribution in [0.1, 0.15) is 76.8 Å². The number of carbonyl (C=O) groups is 2. The fourth-order valence-corrected chi connectivity index (χ4v) is 12.9. The van der Waals surface area contributed by atoms with Crippen LogP contribution in [0.4, 0.5) is 0 Å². The van der Waals surface area contributed by atoms with Gasteiger partial charge in [-0.05, 0) is 81.0 Å². The van der Waals surface area contributed by atoms with Gasteiger partial charge in [0.05, 0.1) is 11.0 Å². The Morgan fingerprint density at radius 3 is 2.47 bits per heavy atom. The number of fused-ring (bicyclic) bond motifs is 5. The van der Waals surface area contributed by atoms with E-state index in [1.165, 1.54) is 5.56 Å². The highest BCUT2D eigenvalue weighted by Crippen LogP contribution is 2.73. The Hall–Kier alpha value is -1.73. The smallest absolute Gasteiger partial charge is 0.223 e. The Morgan fingerprint density at radius 1 is 1.06 bits per heavy atom. The van der Waals surface area contributed by atoms with Gasteiger partial charge in [-0.1, -0.05) is 38.1 Å². The predicted molar refractivity (Wildman–Crippen MR) is 139 cm³/mol. The molecule has 2 spiro atoms. The number of nitrogens with one attached hydrogen (secondary N) is 1. The van der Waals surface area contributed by atoms with E-state index in [0.717, 1.165) is 37.9 Å². The minimum absolute atomic E-state index is 0.00680. The summed E-state index contributed by atoms with van der Waals surface area (Å²) in [4.78, 5) is 28.9. The van der Waals surface area contributed by atoms with E-state index in [1.54, 1.807) is 4.90 Å². The predicted octanol–water partition coefficient (Wildman–Crippen LogP) is 3.42. The number of ketones is 1. The average Bonchev–Trinajstić information content (AvgIpc) is 3.36. The molecular weight excluding hydrogens is 472 g/mol. The molecule has 2 saturated carbocycles. The molecule has 5 aliphatic rings. The summed E-state index contributed by atoms with van der Waals surface area (Å²) < 4.78 is 29.6. The molecule has 196 valence electrons. The zero-order valence-corrected chi connectivity index (χ0v) is 22.8. The number of piperidine rings is 2. The molecule has 0 aromatic heterocycles. The van der Waals surface area contributed by atoms with Gasteiger partial charge in [0.25, 0.3) is 0 Å². The van der Waals surface area contributed by atoms with Gasteiger partial charge in [0.15, 0.2) is 15.6 Å². The number of nitrogens with zero attached hydrogens (tertiary/aromatic N) is 1. The number of sulfone groups is 1. The molecule has 2 heterocycles. The third-order valence-electron chi connectivity index (χ3n) is 11.6. The molecule has 3 aliphatic carbocycles. The molecule has 6 rings (SSSR count). The van der Waals surface area contributed by atoms with Crippen molar-refractivity contribution in [3.8, 4) is 0 Å². The summed E-state index contributed by atoms with van der Waals surface area (Å²) in [6.07, 6.45) is 4.93. The standard InChI is InChI=1S/C29H40N2O4S/c1-4-31-25(33)10-9-23(32)29(31)18-21-11-12-28(29,26(21,2)3)19-36(34,35)24-17-20-7-5-6-8-22(20)27(24)13-15-30-16-14-27/h5-8,21,24,30H,4,9-19H2,1-3H3. The monoisotopic (exact) mass is 512 g/mol. The second-order valence-electron chi connectivity index (χ2n) is 12.7. The van der Waals surface area contributed by atoms with Crippen LogP contribution in [0.2, 0.25) is 0 Å². The van der Waals surface area contributed by atoms with Gasteiger partial charge >= 0.3 is 0 Å². The molecule has 4 unspecified atom stereocenters. The van der Waals surface area contributed by atoms with Crippen LogP contribution in [-0.4, -0.2) is 61.2 Å². The second kappa shape index (κ2) is 7.89. The summed E-state index contributed by atoms with van der Waals surface area (Å²) in [7, 11) is -3.60. The Balaban J connectivity index is 1.48. The van der Waals surface area contributed by atoms with E-state index in [9.17, 15) is 18.0 Å². The average molecular weight is 513 g/mol. The van der Waals surface area contributed by atoms with Crippen molar-refractivity contribution in [2.45, 2.75) is 88.3 Å². The lowest BCUT2D eigenvalue weighted by Crippen LogP contribution is -2.70. The number of likely N-dealkylation sites (N-methyl/N-ethyl adjacent to an activating group) is 1. The summed E-state index contributed by atoms with van der Waals surface area (Å²) in [5, 5.41) is 2.96. The topological polar surface area (TPSA) is 83.6 Å². The third kappa shape index (κ3) is 2.85. The minimum atomic E-state index is -3.60. The van der Waals surface area contributed by atoms with Crippen molar-refractivity contribution in [1.82, 2.24) is 10.2 Å². The number of hydrogen-bond donors (Lipinski definition) is 1. The first-order valence-electron chi connectivity index (χ1n) is 13.9. The molecule has 2 bridgehead atoms. The molecule has 1 aromatic carbocycles. The summed E-state index contributed by atoms with van der Waals surface area (Å²) in [5.74, 6) is 0.374. The van der Waals surface area contributed by atoms with Crippen LogP contribution >= 0.6 is 0 Å². The minimum Gasteiger partial charge on any atom is -0.330 e. The fraction of sp³-hybridized carbons (Fsp3) is 0.724. The zero-order valence-electron chi connectivity index (χ0n) is 21.9. The molecule has 1 aromatic rings. The van der Waals surface area contributed by atoms with Crippen LogP contribution in [0.25, 0.3) is 0 Å². The normalized spacial score (nSPS) is 36.7. The second-order valence-corrected chi connectivity index (χ2v) is 14.9. The van der Waals surface area contributed by atoms with Gasteiger partial charge in [-0.2, -0.15) is 0 Å². The van der Waals surface area contributed by atoms with Crippen molar-refractivity contribution in [3.05, 3.63) is 35.4 Å². The number of Topliss-reactive ketones (excluding diaryl/α,β-unsaturated/α-hetero) is 1. The van der Waals surface area contributed by atoms with E-state index >= 15 is 0 Å². The van der Waals surface area contributed by atoms with Crippen LogP contribution < -0.4 is 5.32 Å². The van der Waals surface area contributed by atoms with E-state index in [2.05, 4.69) is 31.3 Å². The first kappa shape index (κ1) is 24.6. The van der Waals surface area contributed by atoms with Crippen molar-refractivity contribution in [1.29, 1.82) is 0 Å². The maximum atomic E-state index is 14.8. The highest BCUT2D eigenvalue weighted by molar-refractivity contribution is 7.92. The largest absolute Gasteiger partial charge is 0.330 e. The first-order valence-corrected chi connectivity index (χ1v) is 15.6. The van der Waals surface area contributed by atoms with E-state index < -0.39 is 26.0 Å². The molecule has 7 heteroatoms. The molecule has 2 aliphatic heterocycles. The quantitative estimate of drug-likeness (QED) is 0.668. The molecule has 6 nitrogen and oxygen atoms in total. The van der Waals surface area contributed by atoms with Crippen molar-refractivity contribution in [2.75, 3.05) is 25.4 Å². The third-order valence-corrected chi connectivity index (χ3v) is 13.9. The number of likely N-dealkylation sites (tertiary alicyclic amines) is 1. The Kier molecular flexibility index (Phi) is 5.39. The van der Waals surface area contributed by atoms with Gasteiger partial charge < -0.3 is 10.2 Å². The van der Waals surface area contributed by atoms with E-state index in [1.807, 2.05) is 19.1 Å². The molecule has 4 atom stereocenters. The van der Waals surface area contributed by atoms with Gasteiger partial charge in [0, 0.05) is 30.2 Å². The van der Waals surface area contributed by atoms with Crippen molar-refractivity contribution in [3.63, 3.8) is 0 Å². The summed E-state index contributed by atoms with van der Waals surface area (Å²) >= 11 is 0. The molecule has 2 saturated heterocycles. The maximum absolute atomic E-state index is 14.8. The van der Waals surface area contributed by atoms with Crippen molar-refractivity contribution in [2.24, 2.45) is 16.7 Å². The Bertz CT molecular complexity index is 1220. The van der Waals surface area contributed by atoms with Crippen molar-refractivity contribution >= 4 is 21.5 Å². The molecule has 1 amide bonds. The summed E-state index contributed by atoms with van der Waals surface area (Å²) in [5.41, 5.74) is -0.0512. The van der Waals surface area contributed by atoms with E-state index in [-0.39, 0.29) is 47.0 Å². The number of amides is 1. The lowest BCUT2D eigenvalue weighted by Gasteiger charge is -2.57. The highest BCUT2D eigenvalue weighted by Gasteiger charge is 2.77. The van der Waals surface area contributed by atoms with Gasteiger partial charge in [0.2, 0.25) is 5.91 Å². The SMILES string of the molecule is CCN1C(=O)CCC(=O)C12CC1CCC2(CS(=O)(=O)C2Cc3ccccc3C23CCNCC3)C1(C)C. The molecule has 0 radical (unpaired) electrons. The van der Waals surface area contributed by atoms with E-state index in [0.29, 0.717) is 25.8 Å². The van der Waals surface area contributed by atoms with Gasteiger partial charge in [-0.3, -0.25) is 9.59 Å². The van der Waals surface area contributed by atoms with Crippen LogP contribution in [0.3, 0.4) is 0 Å². The highest BCUT2D eigenvalue weighted by atomic mass is 32.2. The Labute approximate surface area is 215 Å². The molecule has 36 heavy (non-hydrogen) atoms. The summed E-state index contributed by atoms with van der Waals surface area (Å²) in [6, 6.07) is 8.30. The van der Waals surface area contributed by atoms with Crippen molar-refractivity contribution < 1.29 is 18.0 Å². The Morgan fingerprint density at radius 2 is 1.78 bits per heavy atom. The van der Waals surface area contributed by atoms with Gasteiger partial charge in [0.1, 0.15) is 5.54 Å².